The van der Waals surface area contributed by atoms with Crippen LogP contribution < -0.4 is 5.32 Å². The normalized spacial score (nSPS) is 23.5. The number of phenolic OH excluding ortho intramolecular Hbond substituents is 1. The van der Waals surface area contributed by atoms with Gasteiger partial charge in [0.2, 0.25) is 0 Å². The summed E-state index contributed by atoms with van der Waals surface area (Å²) in [6.07, 6.45) is 2.68. The van der Waals surface area contributed by atoms with E-state index in [9.17, 15) is 5.11 Å². The molecular formula is C14H20N2O. The predicted octanol–water partition coefficient (Wildman–Crippen LogP) is 1.75. The minimum absolute atomic E-state index is 0.392. The molecule has 1 aromatic carbocycles. The van der Waals surface area contributed by atoms with Crippen LogP contribution in [-0.4, -0.2) is 36.2 Å². The number of hydrogen-bond acceptors (Lipinski definition) is 3. The third-order valence-corrected chi connectivity index (χ3v) is 3.83. The van der Waals surface area contributed by atoms with Crippen LogP contribution in [0.1, 0.15) is 24.4 Å². The molecular weight excluding hydrogens is 212 g/mol. The SMILES string of the molecule is Oc1cccc(C(C2CC2)N2CCNCC2)c1. The molecule has 3 rings (SSSR count). The first kappa shape index (κ1) is 11.1. The molecule has 1 unspecified atom stereocenters. The zero-order valence-electron chi connectivity index (χ0n) is 10.1. The second kappa shape index (κ2) is 4.67. The van der Waals surface area contributed by atoms with E-state index in [4.69, 9.17) is 0 Å². The Morgan fingerprint density at radius 2 is 2.00 bits per heavy atom. The lowest BCUT2D eigenvalue weighted by Gasteiger charge is -2.35. The van der Waals surface area contributed by atoms with Gasteiger partial charge < -0.3 is 10.4 Å². The van der Waals surface area contributed by atoms with Crippen molar-refractivity contribution >= 4 is 0 Å². The monoisotopic (exact) mass is 232 g/mol. The van der Waals surface area contributed by atoms with Gasteiger partial charge in [0, 0.05) is 32.2 Å². The van der Waals surface area contributed by atoms with Crippen molar-refractivity contribution in [3.05, 3.63) is 29.8 Å². The van der Waals surface area contributed by atoms with Crippen LogP contribution in [0.4, 0.5) is 0 Å². The molecule has 1 heterocycles. The number of aromatic hydroxyl groups is 1. The molecule has 2 fully saturated rings. The van der Waals surface area contributed by atoms with E-state index in [2.05, 4.69) is 16.3 Å². The number of phenols is 1. The summed E-state index contributed by atoms with van der Waals surface area (Å²) >= 11 is 0. The second-order valence-electron chi connectivity index (χ2n) is 5.16. The largest absolute Gasteiger partial charge is 0.508 e. The summed E-state index contributed by atoms with van der Waals surface area (Å²) < 4.78 is 0. The van der Waals surface area contributed by atoms with Crippen LogP contribution in [0.5, 0.6) is 5.75 Å². The van der Waals surface area contributed by atoms with Crippen LogP contribution >= 0.6 is 0 Å². The Bertz CT molecular complexity index is 384. The fraction of sp³-hybridized carbons (Fsp3) is 0.571. The highest BCUT2D eigenvalue weighted by Gasteiger charge is 2.36. The van der Waals surface area contributed by atoms with Crippen LogP contribution in [-0.2, 0) is 0 Å². The van der Waals surface area contributed by atoms with Crippen molar-refractivity contribution in [1.29, 1.82) is 0 Å². The van der Waals surface area contributed by atoms with Crippen LogP contribution in [0.15, 0.2) is 24.3 Å². The predicted molar refractivity (Wildman–Crippen MR) is 68.0 cm³/mol. The van der Waals surface area contributed by atoms with Crippen molar-refractivity contribution in [1.82, 2.24) is 10.2 Å². The van der Waals surface area contributed by atoms with E-state index in [0.717, 1.165) is 32.1 Å². The quantitative estimate of drug-likeness (QED) is 0.833. The molecule has 1 aliphatic carbocycles. The Hall–Kier alpha value is -1.06. The molecule has 3 heteroatoms. The van der Waals surface area contributed by atoms with Crippen LogP contribution in [0.25, 0.3) is 0 Å². The topological polar surface area (TPSA) is 35.5 Å². The van der Waals surface area contributed by atoms with Gasteiger partial charge in [0.15, 0.2) is 0 Å². The average molecular weight is 232 g/mol. The third-order valence-electron chi connectivity index (χ3n) is 3.83. The van der Waals surface area contributed by atoms with Gasteiger partial charge in [-0.15, -0.1) is 0 Å². The Balaban J connectivity index is 1.83. The summed E-state index contributed by atoms with van der Waals surface area (Å²) in [5.41, 5.74) is 1.29. The van der Waals surface area contributed by atoms with Gasteiger partial charge in [-0.05, 0) is 36.5 Å². The molecule has 3 nitrogen and oxygen atoms in total. The minimum atomic E-state index is 0.392. The van der Waals surface area contributed by atoms with Crippen molar-refractivity contribution in [3.63, 3.8) is 0 Å². The fourth-order valence-corrected chi connectivity index (χ4v) is 2.86. The summed E-state index contributed by atoms with van der Waals surface area (Å²) in [6, 6.07) is 8.33. The molecule has 0 bridgehead atoms. The molecule has 1 atom stereocenters. The molecule has 0 radical (unpaired) electrons. The summed E-state index contributed by atoms with van der Waals surface area (Å²) in [6.45, 7) is 4.41. The number of rotatable bonds is 3. The highest BCUT2D eigenvalue weighted by Crippen LogP contribution is 2.45. The summed E-state index contributed by atoms with van der Waals surface area (Å²) in [7, 11) is 0. The van der Waals surface area contributed by atoms with E-state index in [1.54, 1.807) is 6.07 Å². The number of nitrogens with one attached hydrogen (secondary N) is 1. The molecule has 92 valence electrons. The third kappa shape index (κ3) is 2.45. The first-order valence-electron chi connectivity index (χ1n) is 6.58. The number of hydrogen-bond donors (Lipinski definition) is 2. The van der Waals surface area contributed by atoms with Crippen LogP contribution in [0.3, 0.4) is 0 Å². The van der Waals surface area contributed by atoms with Crippen LogP contribution in [0, 0.1) is 5.92 Å². The van der Waals surface area contributed by atoms with Gasteiger partial charge in [0.1, 0.15) is 5.75 Å². The molecule has 0 spiro atoms. The Morgan fingerprint density at radius 3 is 2.65 bits per heavy atom. The maximum atomic E-state index is 9.63. The molecule has 1 saturated heterocycles. The van der Waals surface area contributed by atoms with E-state index in [1.165, 1.54) is 18.4 Å². The van der Waals surface area contributed by atoms with E-state index < -0.39 is 0 Å². The van der Waals surface area contributed by atoms with Gasteiger partial charge in [-0.25, -0.2) is 0 Å². The molecule has 1 aromatic rings. The van der Waals surface area contributed by atoms with E-state index in [0.29, 0.717) is 11.8 Å². The fourth-order valence-electron chi connectivity index (χ4n) is 2.86. The number of piperazine rings is 1. The van der Waals surface area contributed by atoms with Gasteiger partial charge in [-0.1, -0.05) is 12.1 Å². The summed E-state index contributed by atoms with van der Waals surface area (Å²) in [5, 5.41) is 13.0. The highest BCUT2D eigenvalue weighted by molar-refractivity contribution is 5.30. The van der Waals surface area contributed by atoms with Gasteiger partial charge in [-0.3, -0.25) is 4.90 Å². The van der Waals surface area contributed by atoms with Gasteiger partial charge in [-0.2, -0.15) is 0 Å². The van der Waals surface area contributed by atoms with E-state index in [-0.39, 0.29) is 0 Å². The van der Waals surface area contributed by atoms with E-state index >= 15 is 0 Å². The zero-order chi connectivity index (χ0) is 11.7. The minimum Gasteiger partial charge on any atom is -0.508 e. The van der Waals surface area contributed by atoms with Crippen molar-refractivity contribution in [2.45, 2.75) is 18.9 Å². The van der Waals surface area contributed by atoms with Gasteiger partial charge in [0.25, 0.3) is 0 Å². The molecule has 17 heavy (non-hydrogen) atoms. The van der Waals surface area contributed by atoms with Crippen molar-refractivity contribution in [2.24, 2.45) is 5.92 Å². The Labute approximate surface area is 102 Å². The van der Waals surface area contributed by atoms with E-state index in [1.807, 2.05) is 12.1 Å². The first-order chi connectivity index (χ1) is 8.34. The lowest BCUT2D eigenvalue weighted by molar-refractivity contribution is 0.156. The zero-order valence-corrected chi connectivity index (χ0v) is 10.1. The number of benzene rings is 1. The Kier molecular flexibility index (Phi) is 3.04. The first-order valence-corrected chi connectivity index (χ1v) is 6.58. The second-order valence-corrected chi connectivity index (χ2v) is 5.16. The molecule has 0 aromatic heterocycles. The lowest BCUT2D eigenvalue weighted by Crippen LogP contribution is -2.45. The lowest BCUT2D eigenvalue weighted by atomic mass is 9.99. The summed E-state index contributed by atoms with van der Waals surface area (Å²) in [5.74, 6) is 1.19. The maximum absolute atomic E-state index is 9.63. The van der Waals surface area contributed by atoms with Crippen molar-refractivity contribution < 1.29 is 5.11 Å². The molecule has 1 aliphatic heterocycles. The smallest absolute Gasteiger partial charge is 0.115 e. The molecule has 1 saturated carbocycles. The molecule has 2 N–H and O–H groups in total. The van der Waals surface area contributed by atoms with Crippen molar-refractivity contribution in [2.75, 3.05) is 26.2 Å². The average Bonchev–Trinajstić information content (AvgIpc) is 3.15. The molecule has 2 aliphatic rings. The highest BCUT2D eigenvalue weighted by atomic mass is 16.3. The molecule has 0 amide bonds. The number of nitrogens with zero attached hydrogens (tertiary/aromatic N) is 1. The summed E-state index contributed by atoms with van der Waals surface area (Å²) in [4.78, 5) is 2.57. The van der Waals surface area contributed by atoms with Crippen LogP contribution in [0.2, 0.25) is 0 Å². The van der Waals surface area contributed by atoms with Gasteiger partial charge in [0.05, 0.1) is 0 Å². The standard InChI is InChI=1S/C14H20N2O/c17-13-3-1-2-12(10-13)14(11-4-5-11)16-8-6-15-7-9-16/h1-3,10-11,14-15,17H,4-9H2. The Morgan fingerprint density at radius 1 is 1.24 bits per heavy atom. The maximum Gasteiger partial charge on any atom is 0.115 e. The van der Waals surface area contributed by atoms with Gasteiger partial charge >= 0.3 is 0 Å². The van der Waals surface area contributed by atoms with Crippen molar-refractivity contribution in [3.8, 4) is 5.75 Å².